The van der Waals surface area contributed by atoms with Crippen molar-refractivity contribution in [2.75, 3.05) is 13.1 Å². The van der Waals surface area contributed by atoms with Crippen molar-refractivity contribution in [3.63, 3.8) is 0 Å². The van der Waals surface area contributed by atoms with Crippen LogP contribution in [0.1, 0.15) is 51.6 Å². The first-order chi connectivity index (χ1) is 17.9. The molecule has 0 bridgehead atoms. The van der Waals surface area contributed by atoms with E-state index >= 15 is 0 Å². The second kappa shape index (κ2) is 10.8. The number of aliphatic imine (C=N–C) groups is 1. The fourth-order valence-corrected chi connectivity index (χ4v) is 5.79. The lowest BCUT2D eigenvalue weighted by Gasteiger charge is -2.36. The highest BCUT2D eigenvalue weighted by molar-refractivity contribution is 8.16. The number of hydrogen-bond acceptors (Lipinski definition) is 7. The van der Waals surface area contributed by atoms with E-state index in [4.69, 9.17) is 14.5 Å². The van der Waals surface area contributed by atoms with Crippen LogP contribution in [0.25, 0.3) is 0 Å². The first kappa shape index (κ1) is 25.1. The third-order valence-corrected chi connectivity index (χ3v) is 7.40. The summed E-state index contributed by atoms with van der Waals surface area (Å²) in [5, 5.41) is 2.73. The Morgan fingerprint density at radius 2 is 1.78 bits per heavy atom. The van der Waals surface area contributed by atoms with Crippen molar-refractivity contribution < 1.29 is 19.1 Å². The van der Waals surface area contributed by atoms with Crippen molar-refractivity contribution >= 4 is 28.8 Å². The van der Waals surface area contributed by atoms with Gasteiger partial charge in [0.15, 0.2) is 5.17 Å². The Kier molecular flexibility index (Phi) is 7.37. The third-order valence-electron chi connectivity index (χ3n) is 6.51. The van der Waals surface area contributed by atoms with E-state index in [-0.39, 0.29) is 18.4 Å². The molecule has 192 valence electrons. The molecule has 3 heterocycles. The van der Waals surface area contributed by atoms with Gasteiger partial charge in [-0.2, -0.15) is 0 Å². The molecular weight excluding hydrogens is 486 g/mol. The number of likely N-dealkylation sites (tertiary alicyclic amines) is 1. The number of allylic oxidation sites excluding steroid dienone is 1. The molecule has 5 rings (SSSR count). The Morgan fingerprint density at radius 1 is 1.05 bits per heavy atom. The average Bonchev–Trinajstić information content (AvgIpc) is 3.54. The Balaban J connectivity index is 1.52. The van der Waals surface area contributed by atoms with Gasteiger partial charge in [-0.05, 0) is 68.8 Å². The van der Waals surface area contributed by atoms with E-state index in [2.05, 4.69) is 0 Å². The fraction of sp³-hybridized carbons (Fsp3) is 0.345. The minimum atomic E-state index is -0.495. The molecule has 37 heavy (non-hydrogen) atoms. The van der Waals surface area contributed by atoms with Crippen LogP contribution in [0.2, 0.25) is 0 Å². The van der Waals surface area contributed by atoms with Crippen LogP contribution >= 0.6 is 11.8 Å². The number of fused-ring (bicyclic) bond motifs is 1. The van der Waals surface area contributed by atoms with Gasteiger partial charge in [-0.15, -0.1) is 0 Å². The lowest BCUT2D eigenvalue weighted by molar-refractivity contribution is -0.143. The van der Waals surface area contributed by atoms with Gasteiger partial charge in [-0.25, -0.2) is 9.79 Å². The summed E-state index contributed by atoms with van der Waals surface area (Å²) in [6.45, 7) is 7.11. The van der Waals surface area contributed by atoms with E-state index in [1.807, 2.05) is 90.6 Å². The molecule has 2 aromatic rings. The number of carbonyl (C=O) groups excluding carboxylic acids is 2. The first-order valence-corrected chi connectivity index (χ1v) is 13.5. The Bertz CT molecular complexity index is 1280. The summed E-state index contributed by atoms with van der Waals surface area (Å²) in [5.74, 6) is 1.08. The van der Waals surface area contributed by atoms with E-state index in [0.717, 1.165) is 48.1 Å². The number of amidine groups is 1. The number of amides is 1. The van der Waals surface area contributed by atoms with Gasteiger partial charge in [0, 0.05) is 18.8 Å². The SMILES string of the molecule is CC1=C(C(=O)OC(C)C)C(c2cccc(Oc3ccccc3)c2)N2C(CC(=O)N3CCCC3)=CSC2=N1. The molecule has 8 heteroatoms. The maximum Gasteiger partial charge on any atom is 0.338 e. The number of esters is 1. The van der Waals surface area contributed by atoms with Crippen LogP contribution in [0, 0.1) is 0 Å². The summed E-state index contributed by atoms with van der Waals surface area (Å²) in [5.41, 5.74) is 2.78. The summed E-state index contributed by atoms with van der Waals surface area (Å²) < 4.78 is 11.8. The van der Waals surface area contributed by atoms with E-state index in [0.29, 0.717) is 17.0 Å². The van der Waals surface area contributed by atoms with Crippen LogP contribution in [0.15, 0.2) is 82.0 Å². The van der Waals surface area contributed by atoms with Crippen molar-refractivity contribution in [3.05, 3.63) is 82.5 Å². The molecule has 3 aliphatic rings. The minimum Gasteiger partial charge on any atom is -0.459 e. The van der Waals surface area contributed by atoms with Crippen molar-refractivity contribution in [1.82, 2.24) is 9.80 Å². The number of ether oxygens (including phenoxy) is 2. The Labute approximate surface area is 221 Å². The zero-order chi connectivity index (χ0) is 25.9. The second-order valence-corrected chi connectivity index (χ2v) is 10.4. The van der Waals surface area contributed by atoms with Gasteiger partial charge in [-0.1, -0.05) is 42.1 Å². The zero-order valence-corrected chi connectivity index (χ0v) is 22.2. The van der Waals surface area contributed by atoms with Crippen molar-refractivity contribution in [2.45, 2.75) is 52.2 Å². The van der Waals surface area contributed by atoms with E-state index in [9.17, 15) is 9.59 Å². The maximum atomic E-state index is 13.4. The van der Waals surface area contributed by atoms with Crippen molar-refractivity contribution in [1.29, 1.82) is 0 Å². The second-order valence-electron chi connectivity index (χ2n) is 9.60. The van der Waals surface area contributed by atoms with Gasteiger partial charge in [-0.3, -0.25) is 4.79 Å². The summed E-state index contributed by atoms with van der Waals surface area (Å²) in [6.07, 6.45) is 2.07. The highest BCUT2D eigenvalue weighted by Gasteiger charge is 2.41. The summed E-state index contributed by atoms with van der Waals surface area (Å²) in [7, 11) is 0. The predicted octanol–water partition coefficient (Wildman–Crippen LogP) is 6.02. The van der Waals surface area contributed by atoms with Crippen molar-refractivity contribution in [3.8, 4) is 11.5 Å². The average molecular weight is 518 g/mol. The van der Waals surface area contributed by atoms with Gasteiger partial charge in [0.05, 0.1) is 29.8 Å². The number of nitrogens with zero attached hydrogens (tertiary/aromatic N) is 3. The third kappa shape index (κ3) is 5.44. The number of benzene rings is 2. The largest absolute Gasteiger partial charge is 0.459 e. The van der Waals surface area contributed by atoms with Crippen molar-refractivity contribution in [2.24, 2.45) is 4.99 Å². The van der Waals surface area contributed by atoms with Gasteiger partial charge in [0.25, 0.3) is 0 Å². The fourth-order valence-electron chi connectivity index (χ4n) is 4.83. The Hall–Kier alpha value is -3.52. The molecule has 0 aliphatic carbocycles. The normalized spacial score (nSPS) is 19.1. The first-order valence-electron chi connectivity index (χ1n) is 12.7. The summed E-state index contributed by atoms with van der Waals surface area (Å²) in [4.78, 5) is 35.2. The molecule has 0 radical (unpaired) electrons. The number of thioether (sulfide) groups is 1. The molecule has 7 nitrogen and oxygen atoms in total. The zero-order valence-electron chi connectivity index (χ0n) is 21.3. The Morgan fingerprint density at radius 3 is 2.51 bits per heavy atom. The molecule has 0 N–H and O–H groups in total. The molecular formula is C29H31N3O4S. The lowest BCUT2D eigenvalue weighted by Crippen LogP contribution is -2.38. The van der Waals surface area contributed by atoms with Crippen LogP contribution in [0.5, 0.6) is 11.5 Å². The minimum absolute atomic E-state index is 0.100. The molecule has 0 aromatic heterocycles. The smallest absolute Gasteiger partial charge is 0.338 e. The molecule has 1 fully saturated rings. The van der Waals surface area contributed by atoms with Gasteiger partial charge in [0.2, 0.25) is 5.91 Å². The summed E-state index contributed by atoms with van der Waals surface area (Å²) in [6, 6.07) is 16.8. The standard InChI is InChI=1S/C29H31N3O4S/c1-19(2)35-28(34)26-20(3)30-29-32(22(18-37-29)17-25(33)31-14-7-8-15-31)27(26)21-10-9-13-24(16-21)36-23-11-5-4-6-12-23/h4-6,9-13,16,18-19,27H,7-8,14-15,17H2,1-3H3. The molecule has 2 aromatic carbocycles. The van der Waals surface area contributed by atoms with E-state index in [1.54, 1.807) is 0 Å². The molecule has 1 amide bonds. The van der Waals surface area contributed by atoms with Crippen LogP contribution < -0.4 is 4.74 Å². The number of rotatable bonds is 7. The molecule has 0 saturated carbocycles. The van der Waals surface area contributed by atoms with Crippen LogP contribution in [0.3, 0.4) is 0 Å². The molecule has 1 atom stereocenters. The van der Waals surface area contributed by atoms with Gasteiger partial charge < -0.3 is 19.3 Å². The monoisotopic (exact) mass is 517 g/mol. The number of para-hydroxylation sites is 1. The molecule has 0 spiro atoms. The lowest BCUT2D eigenvalue weighted by atomic mass is 9.93. The highest BCUT2D eigenvalue weighted by atomic mass is 32.2. The van der Waals surface area contributed by atoms with Gasteiger partial charge >= 0.3 is 5.97 Å². The highest BCUT2D eigenvalue weighted by Crippen LogP contribution is 2.45. The molecule has 1 saturated heterocycles. The predicted molar refractivity (Wildman–Crippen MR) is 145 cm³/mol. The topological polar surface area (TPSA) is 71.4 Å². The van der Waals surface area contributed by atoms with Crippen LogP contribution in [0.4, 0.5) is 0 Å². The quantitative estimate of drug-likeness (QED) is 0.419. The molecule has 3 aliphatic heterocycles. The van der Waals surface area contributed by atoms with Gasteiger partial charge in [0.1, 0.15) is 11.5 Å². The van der Waals surface area contributed by atoms with E-state index < -0.39 is 12.0 Å². The van der Waals surface area contributed by atoms with Crippen LogP contribution in [-0.4, -0.2) is 46.0 Å². The van der Waals surface area contributed by atoms with E-state index in [1.165, 1.54) is 11.8 Å². The molecule has 1 unspecified atom stereocenters. The number of hydrogen-bond donors (Lipinski definition) is 0. The maximum absolute atomic E-state index is 13.4. The summed E-state index contributed by atoms with van der Waals surface area (Å²) >= 11 is 1.48. The van der Waals surface area contributed by atoms with Crippen LogP contribution in [-0.2, 0) is 14.3 Å². The number of carbonyl (C=O) groups is 2.